The van der Waals surface area contributed by atoms with Crippen molar-refractivity contribution in [2.75, 3.05) is 19.0 Å². The summed E-state index contributed by atoms with van der Waals surface area (Å²) in [6.07, 6.45) is 1.55. The van der Waals surface area contributed by atoms with Gasteiger partial charge in [0, 0.05) is 18.3 Å². The zero-order valence-corrected chi connectivity index (χ0v) is 14.6. The Morgan fingerprint density at radius 3 is 2.62 bits per heavy atom. The number of hydrogen-bond acceptors (Lipinski definition) is 4. The lowest BCUT2D eigenvalue weighted by atomic mass is 10.1. The summed E-state index contributed by atoms with van der Waals surface area (Å²) in [6, 6.07) is 14.5. The second-order valence-electron chi connectivity index (χ2n) is 6.29. The Morgan fingerprint density at radius 2 is 1.92 bits per heavy atom. The van der Waals surface area contributed by atoms with Crippen LogP contribution in [0.15, 0.2) is 48.5 Å². The van der Waals surface area contributed by atoms with E-state index in [0.717, 1.165) is 24.3 Å². The van der Waals surface area contributed by atoms with E-state index in [4.69, 9.17) is 9.84 Å². The van der Waals surface area contributed by atoms with Crippen molar-refractivity contribution in [2.24, 2.45) is 0 Å². The molecule has 26 heavy (non-hydrogen) atoms. The van der Waals surface area contributed by atoms with E-state index in [0.29, 0.717) is 17.8 Å². The number of rotatable bonds is 6. The Balaban J connectivity index is 1.81. The molecule has 3 rings (SSSR count). The Labute approximate surface area is 152 Å². The van der Waals surface area contributed by atoms with Crippen LogP contribution in [0.2, 0.25) is 0 Å². The van der Waals surface area contributed by atoms with Gasteiger partial charge in [0.05, 0.1) is 24.8 Å². The molecule has 2 N–H and O–H groups in total. The first-order valence-electron chi connectivity index (χ1n) is 8.61. The SMILES string of the molecule is COc1ccc(Nc2ccccc2C(=O)N2CCCC2CC(=O)O)cc1. The second-order valence-corrected chi connectivity index (χ2v) is 6.29. The summed E-state index contributed by atoms with van der Waals surface area (Å²) in [5.74, 6) is -0.252. The van der Waals surface area contributed by atoms with Gasteiger partial charge in [0.2, 0.25) is 0 Å². The van der Waals surface area contributed by atoms with E-state index in [2.05, 4.69) is 5.32 Å². The molecule has 0 spiro atoms. The maximum Gasteiger partial charge on any atom is 0.305 e. The van der Waals surface area contributed by atoms with Crippen molar-refractivity contribution in [3.05, 3.63) is 54.1 Å². The summed E-state index contributed by atoms with van der Waals surface area (Å²) in [5.41, 5.74) is 2.08. The molecule has 0 bridgehead atoms. The fourth-order valence-electron chi connectivity index (χ4n) is 3.28. The van der Waals surface area contributed by atoms with Gasteiger partial charge in [-0.05, 0) is 49.2 Å². The molecule has 136 valence electrons. The summed E-state index contributed by atoms with van der Waals surface area (Å²) in [5, 5.41) is 12.3. The van der Waals surface area contributed by atoms with Crippen LogP contribution in [0.25, 0.3) is 0 Å². The van der Waals surface area contributed by atoms with Crippen LogP contribution in [-0.2, 0) is 4.79 Å². The number of methoxy groups -OCH3 is 1. The fourth-order valence-corrected chi connectivity index (χ4v) is 3.28. The molecule has 1 unspecified atom stereocenters. The predicted octanol–water partition coefficient (Wildman–Crippen LogP) is 3.52. The summed E-state index contributed by atoms with van der Waals surface area (Å²) in [7, 11) is 1.61. The topological polar surface area (TPSA) is 78.9 Å². The number of amides is 1. The summed E-state index contributed by atoms with van der Waals surface area (Å²) >= 11 is 0. The number of nitrogens with one attached hydrogen (secondary N) is 1. The first-order valence-corrected chi connectivity index (χ1v) is 8.61. The van der Waals surface area contributed by atoms with Gasteiger partial charge in [0.25, 0.3) is 5.91 Å². The molecule has 1 aliphatic heterocycles. The third-order valence-corrected chi connectivity index (χ3v) is 4.57. The fraction of sp³-hybridized carbons (Fsp3) is 0.300. The number of ether oxygens (including phenoxy) is 1. The number of carbonyl (C=O) groups excluding carboxylic acids is 1. The van der Waals surface area contributed by atoms with Crippen LogP contribution in [0.4, 0.5) is 11.4 Å². The lowest BCUT2D eigenvalue weighted by Crippen LogP contribution is -2.37. The van der Waals surface area contributed by atoms with Crippen LogP contribution in [0, 0.1) is 0 Å². The number of nitrogens with zero attached hydrogens (tertiary/aromatic N) is 1. The summed E-state index contributed by atoms with van der Waals surface area (Å²) in [6.45, 7) is 0.591. The number of aliphatic carboxylic acids is 1. The highest BCUT2D eigenvalue weighted by Crippen LogP contribution is 2.27. The van der Waals surface area contributed by atoms with Crippen molar-refractivity contribution in [1.29, 1.82) is 0 Å². The number of benzene rings is 2. The average molecular weight is 354 g/mol. The number of hydrogen-bond donors (Lipinski definition) is 2. The Bertz CT molecular complexity index is 789. The molecule has 1 saturated heterocycles. The number of carboxylic acids is 1. The molecule has 0 aromatic heterocycles. The van der Waals surface area contributed by atoms with Crippen molar-refractivity contribution in [1.82, 2.24) is 4.90 Å². The highest BCUT2D eigenvalue weighted by Gasteiger charge is 2.31. The molecule has 1 aliphatic rings. The van der Waals surface area contributed by atoms with Crippen LogP contribution in [0.3, 0.4) is 0 Å². The maximum atomic E-state index is 13.0. The number of para-hydroxylation sites is 1. The van der Waals surface area contributed by atoms with Crippen LogP contribution >= 0.6 is 0 Å². The van der Waals surface area contributed by atoms with Gasteiger partial charge in [-0.15, -0.1) is 0 Å². The van der Waals surface area contributed by atoms with E-state index in [9.17, 15) is 9.59 Å². The van der Waals surface area contributed by atoms with Crippen molar-refractivity contribution in [3.8, 4) is 5.75 Å². The molecule has 1 fully saturated rings. The Hall–Kier alpha value is -3.02. The largest absolute Gasteiger partial charge is 0.497 e. The van der Waals surface area contributed by atoms with Crippen molar-refractivity contribution < 1.29 is 19.4 Å². The number of carboxylic acid groups (broad SMARTS) is 1. The maximum absolute atomic E-state index is 13.0. The molecule has 6 heteroatoms. The second kappa shape index (κ2) is 7.91. The highest BCUT2D eigenvalue weighted by atomic mass is 16.5. The lowest BCUT2D eigenvalue weighted by Gasteiger charge is -2.25. The molecule has 6 nitrogen and oxygen atoms in total. The monoisotopic (exact) mass is 354 g/mol. The molecule has 0 saturated carbocycles. The minimum absolute atomic E-state index is 0.0141. The van der Waals surface area contributed by atoms with Crippen LogP contribution in [0.5, 0.6) is 5.75 Å². The van der Waals surface area contributed by atoms with E-state index in [1.807, 2.05) is 42.5 Å². The molecule has 0 radical (unpaired) electrons. The average Bonchev–Trinajstić information content (AvgIpc) is 3.09. The van der Waals surface area contributed by atoms with Gasteiger partial charge < -0.3 is 20.1 Å². The molecule has 1 atom stereocenters. The van der Waals surface area contributed by atoms with Gasteiger partial charge >= 0.3 is 5.97 Å². The third kappa shape index (κ3) is 3.96. The quantitative estimate of drug-likeness (QED) is 0.830. The van der Waals surface area contributed by atoms with Gasteiger partial charge in [0.15, 0.2) is 0 Å². The van der Waals surface area contributed by atoms with Crippen molar-refractivity contribution in [2.45, 2.75) is 25.3 Å². The molecule has 1 heterocycles. The van der Waals surface area contributed by atoms with E-state index in [1.165, 1.54) is 0 Å². The zero-order valence-electron chi connectivity index (χ0n) is 14.6. The van der Waals surface area contributed by atoms with Crippen molar-refractivity contribution in [3.63, 3.8) is 0 Å². The number of carbonyl (C=O) groups is 2. The van der Waals surface area contributed by atoms with E-state index in [-0.39, 0.29) is 18.4 Å². The molecule has 2 aromatic rings. The van der Waals surface area contributed by atoms with Crippen LogP contribution in [0.1, 0.15) is 29.6 Å². The molecular formula is C20H22N2O4. The minimum Gasteiger partial charge on any atom is -0.497 e. The van der Waals surface area contributed by atoms with Crippen LogP contribution in [-0.4, -0.2) is 41.6 Å². The van der Waals surface area contributed by atoms with Crippen molar-refractivity contribution >= 4 is 23.3 Å². The number of likely N-dealkylation sites (tertiary alicyclic amines) is 1. The van der Waals surface area contributed by atoms with Crippen LogP contribution < -0.4 is 10.1 Å². The standard InChI is InChI=1S/C20H22N2O4/c1-26-16-10-8-14(9-11-16)21-18-7-3-2-6-17(18)20(25)22-12-4-5-15(22)13-19(23)24/h2-3,6-11,15,21H,4-5,12-13H2,1H3,(H,23,24). The lowest BCUT2D eigenvalue weighted by molar-refractivity contribution is -0.137. The Morgan fingerprint density at radius 1 is 1.19 bits per heavy atom. The van der Waals surface area contributed by atoms with Gasteiger partial charge in [-0.2, -0.15) is 0 Å². The first-order chi connectivity index (χ1) is 12.6. The molecular weight excluding hydrogens is 332 g/mol. The van der Waals surface area contributed by atoms with E-state index >= 15 is 0 Å². The van der Waals surface area contributed by atoms with Gasteiger partial charge in [-0.1, -0.05) is 12.1 Å². The first kappa shape index (κ1) is 17.8. The minimum atomic E-state index is -0.876. The zero-order chi connectivity index (χ0) is 18.5. The van der Waals surface area contributed by atoms with E-state index in [1.54, 1.807) is 18.1 Å². The summed E-state index contributed by atoms with van der Waals surface area (Å²) < 4.78 is 5.16. The normalized spacial score (nSPS) is 16.3. The van der Waals surface area contributed by atoms with Gasteiger partial charge in [-0.25, -0.2) is 0 Å². The Kier molecular flexibility index (Phi) is 5.41. The highest BCUT2D eigenvalue weighted by molar-refractivity contribution is 6.00. The number of anilines is 2. The third-order valence-electron chi connectivity index (χ3n) is 4.57. The predicted molar refractivity (Wildman–Crippen MR) is 99.0 cm³/mol. The van der Waals surface area contributed by atoms with Gasteiger partial charge in [0.1, 0.15) is 5.75 Å². The summed E-state index contributed by atoms with van der Waals surface area (Å²) in [4.78, 5) is 25.8. The van der Waals surface area contributed by atoms with Gasteiger partial charge in [-0.3, -0.25) is 9.59 Å². The molecule has 0 aliphatic carbocycles. The molecule has 2 aromatic carbocycles. The van der Waals surface area contributed by atoms with E-state index < -0.39 is 5.97 Å². The molecule has 1 amide bonds. The smallest absolute Gasteiger partial charge is 0.305 e.